The molecule has 0 aromatic heterocycles. The number of hydrogen-bond acceptors (Lipinski definition) is 4. The van der Waals surface area contributed by atoms with Crippen LogP contribution in [0.3, 0.4) is 0 Å². The maximum absolute atomic E-state index is 14.3. The van der Waals surface area contributed by atoms with Gasteiger partial charge in [-0.25, -0.2) is 13.6 Å². The molecule has 30 heavy (non-hydrogen) atoms. The van der Waals surface area contributed by atoms with Crippen molar-refractivity contribution in [3.63, 3.8) is 0 Å². The Balaban J connectivity index is 1.56. The van der Waals surface area contributed by atoms with E-state index in [1.165, 1.54) is 0 Å². The van der Waals surface area contributed by atoms with E-state index < -0.39 is 35.3 Å². The summed E-state index contributed by atoms with van der Waals surface area (Å²) in [6.07, 6.45) is 0.802. The van der Waals surface area contributed by atoms with E-state index in [4.69, 9.17) is 4.74 Å². The van der Waals surface area contributed by atoms with Crippen LogP contribution in [0, 0.1) is 11.6 Å². The molecule has 0 aliphatic carbocycles. The molecule has 6 nitrogen and oxygen atoms in total. The van der Waals surface area contributed by atoms with Gasteiger partial charge in [-0.05, 0) is 17.7 Å². The largest absolute Gasteiger partial charge is 0.480 e. The number of carboxylic acids is 1. The molecule has 2 fully saturated rings. The van der Waals surface area contributed by atoms with Crippen molar-refractivity contribution in [3.8, 4) is 0 Å². The summed E-state index contributed by atoms with van der Waals surface area (Å²) in [4.78, 5) is 28.3. The second-order valence-electron chi connectivity index (χ2n) is 7.67. The minimum atomic E-state index is -1.22. The summed E-state index contributed by atoms with van der Waals surface area (Å²) in [6.45, 7) is 1.76. The summed E-state index contributed by atoms with van der Waals surface area (Å²) < 4.78 is 33.4. The van der Waals surface area contributed by atoms with Gasteiger partial charge in [0.2, 0.25) is 0 Å². The van der Waals surface area contributed by atoms with Gasteiger partial charge in [0.1, 0.15) is 17.4 Å². The van der Waals surface area contributed by atoms with Gasteiger partial charge in [0.05, 0.1) is 12.2 Å². The summed E-state index contributed by atoms with van der Waals surface area (Å²) in [5.74, 6) is -3.84. The standard InChI is InChI=1S/C22H22F2N2O4/c23-16-6-7-17(18(24)12-16)20(27)26-19(21(28)29)14-30-22(26)8-10-25(11-9-22)13-15-4-2-1-3-5-15/h1-7,12,19H,8-11,13-14H2,(H,28,29)/t19-/m0/s1. The fourth-order valence-corrected chi connectivity index (χ4v) is 4.25. The Bertz CT molecular complexity index is 945. The molecule has 0 radical (unpaired) electrons. The number of ether oxygens (including phenoxy) is 1. The summed E-state index contributed by atoms with van der Waals surface area (Å²) in [5.41, 5.74) is -0.321. The quantitative estimate of drug-likeness (QED) is 0.830. The van der Waals surface area contributed by atoms with E-state index >= 15 is 0 Å². The van der Waals surface area contributed by atoms with Gasteiger partial charge in [-0.15, -0.1) is 0 Å². The molecule has 2 aliphatic heterocycles. The van der Waals surface area contributed by atoms with Crippen molar-refractivity contribution in [2.45, 2.75) is 31.2 Å². The van der Waals surface area contributed by atoms with Gasteiger partial charge in [0.25, 0.3) is 5.91 Å². The maximum Gasteiger partial charge on any atom is 0.328 e. The number of nitrogens with zero attached hydrogens (tertiary/aromatic N) is 2. The normalized spacial score (nSPS) is 21.1. The zero-order chi connectivity index (χ0) is 21.3. The molecule has 2 aromatic carbocycles. The van der Waals surface area contributed by atoms with Gasteiger partial charge in [0, 0.05) is 38.5 Å². The van der Waals surface area contributed by atoms with Crippen molar-refractivity contribution in [2.75, 3.05) is 19.7 Å². The van der Waals surface area contributed by atoms with Crippen LogP contribution >= 0.6 is 0 Å². The van der Waals surface area contributed by atoms with Gasteiger partial charge in [-0.3, -0.25) is 14.6 Å². The average molecular weight is 416 g/mol. The Kier molecular flexibility index (Phi) is 5.53. The molecule has 2 heterocycles. The minimum Gasteiger partial charge on any atom is -0.480 e. The van der Waals surface area contributed by atoms with Crippen LogP contribution in [0.5, 0.6) is 0 Å². The Labute approximate surface area is 172 Å². The molecule has 0 bridgehead atoms. The predicted octanol–water partition coefficient (Wildman–Crippen LogP) is 2.88. The van der Waals surface area contributed by atoms with E-state index in [9.17, 15) is 23.5 Å². The fraction of sp³-hybridized carbons (Fsp3) is 0.364. The third-order valence-electron chi connectivity index (χ3n) is 5.81. The molecule has 4 rings (SSSR count). The lowest BCUT2D eigenvalue weighted by Gasteiger charge is -2.44. The number of carbonyl (C=O) groups excluding carboxylic acids is 1. The molecule has 158 valence electrons. The Morgan fingerprint density at radius 1 is 1.10 bits per heavy atom. The van der Waals surface area contributed by atoms with Crippen LogP contribution in [0.15, 0.2) is 48.5 Å². The monoisotopic (exact) mass is 416 g/mol. The van der Waals surface area contributed by atoms with E-state index in [-0.39, 0.29) is 12.2 Å². The summed E-state index contributed by atoms with van der Waals surface area (Å²) in [5, 5.41) is 9.62. The first-order valence-electron chi connectivity index (χ1n) is 9.81. The Morgan fingerprint density at radius 3 is 2.43 bits per heavy atom. The SMILES string of the molecule is O=C(O)[C@@H]1COC2(CCN(Cc3ccccc3)CC2)N1C(=O)c1ccc(F)cc1F. The van der Waals surface area contributed by atoms with E-state index in [1.54, 1.807) is 0 Å². The number of carboxylic acid groups (broad SMARTS) is 1. The smallest absolute Gasteiger partial charge is 0.328 e. The van der Waals surface area contributed by atoms with Crippen molar-refractivity contribution in [1.29, 1.82) is 0 Å². The Hall–Kier alpha value is -2.84. The van der Waals surface area contributed by atoms with Crippen molar-refractivity contribution in [1.82, 2.24) is 9.80 Å². The van der Waals surface area contributed by atoms with E-state index in [2.05, 4.69) is 4.90 Å². The molecule has 2 aromatic rings. The number of aliphatic carboxylic acids is 1. The zero-order valence-electron chi connectivity index (χ0n) is 16.3. The molecule has 1 atom stereocenters. The van der Waals surface area contributed by atoms with Crippen LogP contribution in [-0.4, -0.2) is 58.2 Å². The summed E-state index contributed by atoms with van der Waals surface area (Å²) in [6, 6.07) is 11.4. The molecule has 2 saturated heterocycles. The zero-order valence-corrected chi connectivity index (χ0v) is 16.3. The van der Waals surface area contributed by atoms with Crippen molar-refractivity contribution >= 4 is 11.9 Å². The molecule has 1 N–H and O–H groups in total. The molecule has 8 heteroatoms. The van der Waals surface area contributed by atoms with Crippen LogP contribution in [0.2, 0.25) is 0 Å². The minimum absolute atomic E-state index is 0.164. The van der Waals surface area contributed by atoms with E-state index in [1.807, 2.05) is 30.3 Å². The Morgan fingerprint density at radius 2 is 1.80 bits per heavy atom. The highest BCUT2D eigenvalue weighted by atomic mass is 19.1. The van der Waals surface area contributed by atoms with Gasteiger partial charge in [0.15, 0.2) is 6.04 Å². The van der Waals surface area contributed by atoms with Crippen LogP contribution in [0.1, 0.15) is 28.8 Å². The number of piperidine rings is 1. The van der Waals surface area contributed by atoms with Crippen LogP contribution < -0.4 is 0 Å². The number of likely N-dealkylation sites (tertiary alicyclic amines) is 1. The summed E-state index contributed by atoms with van der Waals surface area (Å²) >= 11 is 0. The molecular formula is C22H22F2N2O4. The number of rotatable bonds is 4. The first kappa shape index (κ1) is 20.4. The van der Waals surface area contributed by atoms with Crippen molar-refractivity contribution < 1.29 is 28.2 Å². The third-order valence-corrected chi connectivity index (χ3v) is 5.81. The molecule has 0 unspecified atom stereocenters. The number of carbonyl (C=O) groups is 2. The fourth-order valence-electron chi connectivity index (χ4n) is 4.25. The van der Waals surface area contributed by atoms with Crippen LogP contribution in [0.25, 0.3) is 0 Å². The van der Waals surface area contributed by atoms with E-state index in [0.717, 1.165) is 29.1 Å². The molecule has 1 amide bonds. The van der Waals surface area contributed by atoms with Crippen LogP contribution in [-0.2, 0) is 16.1 Å². The van der Waals surface area contributed by atoms with Gasteiger partial charge in [-0.2, -0.15) is 0 Å². The lowest BCUT2D eigenvalue weighted by atomic mass is 9.96. The number of hydrogen-bond donors (Lipinski definition) is 1. The average Bonchev–Trinajstić information content (AvgIpc) is 3.09. The van der Waals surface area contributed by atoms with Crippen molar-refractivity contribution in [3.05, 3.63) is 71.3 Å². The first-order valence-corrected chi connectivity index (χ1v) is 9.81. The second-order valence-corrected chi connectivity index (χ2v) is 7.67. The number of halogens is 2. The van der Waals surface area contributed by atoms with Crippen molar-refractivity contribution in [2.24, 2.45) is 0 Å². The molecular weight excluding hydrogens is 394 g/mol. The molecule has 1 spiro atoms. The third kappa shape index (κ3) is 3.80. The maximum atomic E-state index is 14.3. The lowest BCUT2D eigenvalue weighted by molar-refractivity contribution is -0.144. The topological polar surface area (TPSA) is 70.1 Å². The summed E-state index contributed by atoms with van der Waals surface area (Å²) in [7, 11) is 0. The first-order chi connectivity index (χ1) is 14.4. The number of benzene rings is 2. The van der Waals surface area contributed by atoms with Gasteiger partial charge < -0.3 is 9.84 Å². The van der Waals surface area contributed by atoms with Crippen LogP contribution in [0.4, 0.5) is 8.78 Å². The highest BCUT2D eigenvalue weighted by Crippen LogP contribution is 2.39. The molecule has 0 saturated carbocycles. The molecule has 2 aliphatic rings. The predicted molar refractivity (Wildman–Crippen MR) is 104 cm³/mol. The highest BCUT2D eigenvalue weighted by molar-refractivity contribution is 5.97. The lowest BCUT2D eigenvalue weighted by Crippen LogP contribution is -2.58. The second kappa shape index (κ2) is 8.12. The van der Waals surface area contributed by atoms with E-state index in [0.29, 0.717) is 32.0 Å². The van der Waals surface area contributed by atoms with Gasteiger partial charge in [-0.1, -0.05) is 30.3 Å². The highest BCUT2D eigenvalue weighted by Gasteiger charge is 2.54. The van der Waals surface area contributed by atoms with Gasteiger partial charge >= 0.3 is 5.97 Å². The number of amides is 1.